The van der Waals surface area contributed by atoms with Crippen molar-refractivity contribution in [1.29, 1.82) is 0 Å². The van der Waals surface area contributed by atoms with Crippen LogP contribution in [0, 0.1) is 0 Å². The standard InChI is InChI=1S/C11H17N3O4/c12-9(15)6-8(10(16)17)14-11(18)13-7-4-2-1-3-5-7/h1-2,7-8H,3-6H2,(H2,12,15)(H,16,17)(H2,13,14,18)/t7?,8-/m0/s1. The van der Waals surface area contributed by atoms with Crippen LogP contribution in [0.1, 0.15) is 25.7 Å². The molecule has 1 aliphatic carbocycles. The van der Waals surface area contributed by atoms with Crippen molar-refractivity contribution in [2.75, 3.05) is 0 Å². The summed E-state index contributed by atoms with van der Waals surface area (Å²) in [6.45, 7) is 0. The number of hydrogen-bond donors (Lipinski definition) is 4. The molecule has 3 amide bonds. The monoisotopic (exact) mass is 255 g/mol. The summed E-state index contributed by atoms with van der Waals surface area (Å²) < 4.78 is 0. The number of amides is 3. The van der Waals surface area contributed by atoms with Crippen molar-refractivity contribution >= 4 is 17.9 Å². The largest absolute Gasteiger partial charge is 0.480 e. The van der Waals surface area contributed by atoms with Gasteiger partial charge in [-0.25, -0.2) is 9.59 Å². The Labute approximate surface area is 104 Å². The number of aliphatic carboxylic acids is 1. The molecule has 0 aromatic heterocycles. The third-order valence-corrected chi connectivity index (χ3v) is 2.61. The Morgan fingerprint density at radius 3 is 2.61 bits per heavy atom. The molecule has 5 N–H and O–H groups in total. The van der Waals surface area contributed by atoms with Gasteiger partial charge in [-0.15, -0.1) is 0 Å². The van der Waals surface area contributed by atoms with Crippen molar-refractivity contribution < 1.29 is 19.5 Å². The van der Waals surface area contributed by atoms with Crippen molar-refractivity contribution in [2.45, 2.75) is 37.8 Å². The fourth-order valence-electron chi connectivity index (χ4n) is 1.71. The van der Waals surface area contributed by atoms with Gasteiger partial charge in [-0.1, -0.05) is 12.2 Å². The summed E-state index contributed by atoms with van der Waals surface area (Å²) in [6, 6.07) is -1.89. The molecule has 0 heterocycles. The zero-order chi connectivity index (χ0) is 13.5. The van der Waals surface area contributed by atoms with E-state index in [-0.39, 0.29) is 6.04 Å². The van der Waals surface area contributed by atoms with E-state index in [1.807, 2.05) is 12.2 Å². The number of rotatable bonds is 5. The maximum atomic E-state index is 11.5. The number of urea groups is 1. The molecule has 0 bridgehead atoms. The molecule has 0 aromatic rings. The molecule has 0 saturated heterocycles. The summed E-state index contributed by atoms with van der Waals surface area (Å²) in [6.07, 6.45) is 6.00. The van der Waals surface area contributed by atoms with Gasteiger partial charge in [0.2, 0.25) is 5.91 Å². The van der Waals surface area contributed by atoms with Crippen molar-refractivity contribution in [1.82, 2.24) is 10.6 Å². The lowest BCUT2D eigenvalue weighted by Gasteiger charge is -2.21. The number of carbonyl (C=O) groups is 3. The van der Waals surface area contributed by atoms with Crippen LogP contribution in [0.25, 0.3) is 0 Å². The van der Waals surface area contributed by atoms with Gasteiger partial charge in [0.1, 0.15) is 6.04 Å². The zero-order valence-electron chi connectivity index (χ0n) is 9.89. The molecule has 0 aromatic carbocycles. The normalized spacial score (nSPS) is 19.9. The summed E-state index contributed by atoms with van der Waals surface area (Å²) in [5.41, 5.74) is 4.91. The van der Waals surface area contributed by atoms with Gasteiger partial charge in [0.05, 0.1) is 6.42 Å². The van der Waals surface area contributed by atoms with Crippen LogP contribution < -0.4 is 16.4 Å². The second-order valence-corrected chi connectivity index (χ2v) is 4.16. The van der Waals surface area contributed by atoms with Crippen molar-refractivity contribution in [3.8, 4) is 0 Å². The number of allylic oxidation sites excluding steroid dienone is 1. The van der Waals surface area contributed by atoms with Crippen LogP contribution in [-0.4, -0.2) is 35.1 Å². The Balaban J connectivity index is 2.43. The van der Waals surface area contributed by atoms with Crippen molar-refractivity contribution in [2.24, 2.45) is 5.73 Å². The minimum absolute atomic E-state index is 0.00183. The predicted octanol–water partition coefficient (Wildman–Crippen LogP) is -0.277. The highest BCUT2D eigenvalue weighted by Crippen LogP contribution is 2.10. The molecule has 0 spiro atoms. The number of carboxylic acid groups (broad SMARTS) is 1. The maximum Gasteiger partial charge on any atom is 0.326 e. The number of nitrogens with one attached hydrogen (secondary N) is 2. The second kappa shape index (κ2) is 6.63. The van der Waals surface area contributed by atoms with E-state index in [2.05, 4.69) is 10.6 Å². The number of carboxylic acids is 1. The molecule has 1 unspecified atom stereocenters. The molecule has 18 heavy (non-hydrogen) atoms. The van der Waals surface area contributed by atoms with E-state index in [0.29, 0.717) is 0 Å². The Morgan fingerprint density at radius 2 is 2.11 bits per heavy atom. The first-order chi connectivity index (χ1) is 8.49. The lowest BCUT2D eigenvalue weighted by Crippen LogP contribution is -2.50. The second-order valence-electron chi connectivity index (χ2n) is 4.16. The maximum absolute atomic E-state index is 11.5. The van der Waals surface area contributed by atoms with Crippen LogP contribution >= 0.6 is 0 Å². The Morgan fingerprint density at radius 1 is 1.39 bits per heavy atom. The quantitative estimate of drug-likeness (QED) is 0.505. The number of nitrogens with two attached hydrogens (primary N) is 1. The molecule has 2 atom stereocenters. The van der Waals surface area contributed by atoms with Gasteiger partial charge >= 0.3 is 12.0 Å². The lowest BCUT2D eigenvalue weighted by atomic mass is 10.0. The minimum atomic E-state index is -1.29. The van der Waals surface area contributed by atoms with Gasteiger partial charge < -0.3 is 21.5 Å². The molecule has 0 aliphatic heterocycles. The van der Waals surface area contributed by atoms with Crippen molar-refractivity contribution in [3.05, 3.63) is 12.2 Å². The first-order valence-electron chi connectivity index (χ1n) is 5.72. The van der Waals surface area contributed by atoms with E-state index in [4.69, 9.17) is 10.8 Å². The first-order valence-corrected chi connectivity index (χ1v) is 5.72. The van der Waals surface area contributed by atoms with E-state index < -0.39 is 30.4 Å². The number of carbonyl (C=O) groups excluding carboxylic acids is 2. The van der Waals surface area contributed by atoms with E-state index in [9.17, 15) is 14.4 Å². The van der Waals surface area contributed by atoms with Crippen LogP contribution in [0.3, 0.4) is 0 Å². The number of primary amides is 1. The predicted molar refractivity (Wildman–Crippen MR) is 63.7 cm³/mol. The van der Waals surface area contributed by atoms with Crippen LogP contribution in [0.5, 0.6) is 0 Å². The SMILES string of the molecule is NC(=O)C[C@H](NC(=O)NC1CC=CCC1)C(=O)O. The summed E-state index contributed by atoms with van der Waals surface area (Å²) >= 11 is 0. The Kier molecular flexibility index (Phi) is 5.16. The van der Waals surface area contributed by atoms with Gasteiger partial charge in [0.25, 0.3) is 0 Å². The molecular weight excluding hydrogens is 238 g/mol. The van der Waals surface area contributed by atoms with Gasteiger partial charge in [-0.05, 0) is 19.3 Å². The van der Waals surface area contributed by atoms with Gasteiger partial charge in [-0.3, -0.25) is 4.79 Å². The van der Waals surface area contributed by atoms with E-state index in [0.717, 1.165) is 19.3 Å². The summed E-state index contributed by atoms with van der Waals surface area (Å²) in [7, 11) is 0. The average Bonchev–Trinajstić information content (AvgIpc) is 2.28. The average molecular weight is 255 g/mol. The summed E-state index contributed by atoms with van der Waals surface area (Å²) in [4.78, 5) is 33.0. The van der Waals surface area contributed by atoms with E-state index in [1.54, 1.807) is 0 Å². The van der Waals surface area contributed by atoms with Crippen LogP contribution in [-0.2, 0) is 9.59 Å². The minimum Gasteiger partial charge on any atom is -0.480 e. The van der Waals surface area contributed by atoms with Crippen LogP contribution in [0.2, 0.25) is 0 Å². The topological polar surface area (TPSA) is 122 Å². The third kappa shape index (κ3) is 4.86. The lowest BCUT2D eigenvalue weighted by molar-refractivity contribution is -0.140. The molecule has 0 radical (unpaired) electrons. The summed E-state index contributed by atoms with van der Waals surface area (Å²) in [5.74, 6) is -2.06. The van der Waals surface area contributed by atoms with Crippen molar-refractivity contribution in [3.63, 3.8) is 0 Å². The Hall–Kier alpha value is -2.05. The molecule has 1 aliphatic rings. The molecular formula is C11H17N3O4. The Bertz CT molecular complexity index is 367. The molecule has 100 valence electrons. The number of hydrogen-bond acceptors (Lipinski definition) is 3. The highest BCUT2D eigenvalue weighted by molar-refractivity contribution is 5.87. The molecule has 0 fully saturated rings. The fraction of sp³-hybridized carbons (Fsp3) is 0.545. The van der Waals surface area contributed by atoms with Gasteiger partial charge in [0, 0.05) is 6.04 Å². The smallest absolute Gasteiger partial charge is 0.326 e. The molecule has 7 heteroatoms. The third-order valence-electron chi connectivity index (χ3n) is 2.61. The van der Waals surface area contributed by atoms with E-state index >= 15 is 0 Å². The van der Waals surface area contributed by atoms with E-state index in [1.165, 1.54) is 0 Å². The van der Waals surface area contributed by atoms with Crippen LogP contribution in [0.15, 0.2) is 12.2 Å². The molecule has 7 nitrogen and oxygen atoms in total. The zero-order valence-corrected chi connectivity index (χ0v) is 9.89. The van der Waals surface area contributed by atoms with Gasteiger partial charge in [-0.2, -0.15) is 0 Å². The highest BCUT2D eigenvalue weighted by Gasteiger charge is 2.23. The highest BCUT2D eigenvalue weighted by atomic mass is 16.4. The van der Waals surface area contributed by atoms with Crippen LogP contribution in [0.4, 0.5) is 4.79 Å². The first kappa shape index (κ1) is 14.0. The fourth-order valence-corrected chi connectivity index (χ4v) is 1.71. The summed E-state index contributed by atoms with van der Waals surface area (Å²) in [5, 5.41) is 13.7. The van der Waals surface area contributed by atoms with Gasteiger partial charge in [0.15, 0.2) is 0 Å². The molecule has 0 saturated carbocycles. The molecule has 1 rings (SSSR count).